The molecule has 0 aliphatic rings. The third-order valence-electron chi connectivity index (χ3n) is 3.15. The Morgan fingerprint density at radius 3 is 0.903 bits per heavy atom. The standard InChI is InChI=1S/C6H14O4.3C5H8O2/c7-1-3-9-5-6-10-4-2-8;3*1-3-4(2)5(6)7/h7-8H,1-6H2;3*3H,1-2H3,(H,6,7). The van der Waals surface area contributed by atoms with E-state index in [4.69, 9.17) is 35.0 Å². The quantitative estimate of drug-likeness (QED) is 0.245. The Bertz CT molecular complexity index is 488. The van der Waals surface area contributed by atoms with Gasteiger partial charge in [0.05, 0.1) is 39.6 Å². The molecule has 0 aromatic rings. The molecule has 0 aliphatic carbocycles. The van der Waals surface area contributed by atoms with Gasteiger partial charge in [-0.25, -0.2) is 14.4 Å². The van der Waals surface area contributed by atoms with Crippen LogP contribution in [0, 0.1) is 0 Å². The van der Waals surface area contributed by atoms with Gasteiger partial charge in [-0.3, -0.25) is 0 Å². The van der Waals surface area contributed by atoms with Crippen LogP contribution in [0.5, 0.6) is 0 Å². The molecular formula is C21H38O10. The number of hydrogen-bond donors (Lipinski definition) is 5. The first-order chi connectivity index (χ1) is 14.5. The highest BCUT2D eigenvalue weighted by Gasteiger charge is 1.94. The van der Waals surface area contributed by atoms with Crippen molar-refractivity contribution in [3.05, 3.63) is 34.9 Å². The molecular weight excluding hydrogens is 412 g/mol. The van der Waals surface area contributed by atoms with Gasteiger partial charge in [0.25, 0.3) is 0 Å². The number of ether oxygens (including phenoxy) is 2. The van der Waals surface area contributed by atoms with Gasteiger partial charge in [0, 0.05) is 16.7 Å². The van der Waals surface area contributed by atoms with E-state index in [2.05, 4.69) is 0 Å². The van der Waals surface area contributed by atoms with Crippen LogP contribution in [0.2, 0.25) is 0 Å². The van der Waals surface area contributed by atoms with Crippen LogP contribution in [-0.4, -0.2) is 83.1 Å². The largest absolute Gasteiger partial charge is 0.478 e. The van der Waals surface area contributed by atoms with Crippen molar-refractivity contribution >= 4 is 17.9 Å². The van der Waals surface area contributed by atoms with Gasteiger partial charge >= 0.3 is 17.9 Å². The third kappa shape index (κ3) is 35.3. The van der Waals surface area contributed by atoms with Crippen molar-refractivity contribution < 1.29 is 49.4 Å². The zero-order valence-corrected chi connectivity index (χ0v) is 19.3. The number of carboxylic acids is 3. The van der Waals surface area contributed by atoms with E-state index in [-0.39, 0.29) is 13.2 Å². The topological polar surface area (TPSA) is 171 Å². The summed E-state index contributed by atoms with van der Waals surface area (Å²) in [6.45, 7) is 11.5. The average Bonchev–Trinajstić information content (AvgIpc) is 2.75. The van der Waals surface area contributed by atoms with Gasteiger partial charge in [0.1, 0.15) is 0 Å². The van der Waals surface area contributed by atoms with Crippen molar-refractivity contribution in [3.8, 4) is 0 Å². The molecule has 0 aliphatic heterocycles. The summed E-state index contributed by atoms with van der Waals surface area (Å²) in [5.74, 6) is -2.53. The molecule has 0 aromatic carbocycles. The van der Waals surface area contributed by atoms with E-state index in [1.54, 1.807) is 59.8 Å². The van der Waals surface area contributed by atoms with Gasteiger partial charge in [0.2, 0.25) is 0 Å². The minimum atomic E-state index is -0.845. The molecule has 0 bridgehead atoms. The number of carbonyl (C=O) groups is 3. The zero-order chi connectivity index (χ0) is 25.2. The molecule has 0 fully saturated rings. The van der Waals surface area contributed by atoms with E-state index in [9.17, 15) is 14.4 Å². The van der Waals surface area contributed by atoms with Crippen molar-refractivity contribution in [1.29, 1.82) is 0 Å². The van der Waals surface area contributed by atoms with E-state index in [0.717, 1.165) is 0 Å². The molecule has 0 radical (unpaired) electrons. The number of carboxylic acid groups (broad SMARTS) is 3. The summed E-state index contributed by atoms with van der Waals surface area (Å²) in [5.41, 5.74) is 1.17. The minimum Gasteiger partial charge on any atom is -0.478 e. The van der Waals surface area contributed by atoms with E-state index in [0.29, 0.717) is 43.1 Å². The molecule has 0 rings (SSSR count). The maximum Gasteiger partial charge on any atom is 0.330 e. The molecule has 31 heavy (non-hydrogen) atoms. The van der Waals surface area contributed by atoms with Crippen molar-refractivity contribution in [2.75, 3.05) is 39.6 Å². The molecule has 182 valence electrons. The van der Waals surface area contributed by atoms with Crippen LogP contribution >= 0.6 is 0 Å². The van der Waals surface area contributed by atoms with Crippen LogP contribution in [-0.2, 0) is 23.9 Å². The molecule has 0 atom stereocenters. The molecule has 0 saturated carbocycles. The SMILES string of the molecule is CC=C(C)C(=O)O.CC=C(C)C(=O)O.CC=C(C)C(=O)O.OCCOCCOCCO. The summed E-state index contributed by atoms with van der Waals surface area (Å²) < 4.78 is 9.75. The smallest absolute Gasteiger partial charge is 0.330 e. The molecule has 0 heterocycles. The number of rotatable bonds is 10. The molecule has 10 nitrogen and oxygen atoms in total. The van der Waals surface area contributed by atoms with Crippen molar-refractivity contribution in [3.63, 3.8) is 0 Å². The number of allylic oxidation sites excluding steroid dienone is 3. The molecule has 0 unspecified atom stereocenters. The Labute approximate surface area is 184 Å². The lowest BCUT2D eigenvalue weighted by molar-refractivity contribution is -0.133. The van der Waals surface area contributed by atoms with Crippen LogP contribution < -0.4 is 0 Å². The van der Waals surface area contributed by atoms with Gasteiger partial charge in [0.15, 0.2) is 0 Å². The highest BCUT2D eigenvalue weighted by Crippen LogP contribution is 1.89. The van der Waals surface area contributed by atoms with Gasteiger partial charge in [-0.15, -0.1) is 0 Å². The molecule has 10 heteroatoms. The van der Waals surface area contributed by atoms with Crippen LogP contribution in [0.25, 0.3) is 0 Å². The van der Waals surface area contributed by atoms with E-state index >= 15 is 0 Å². The first kappa shape index (κ1) is 35.9. The van der Waals surface area contributed by atoms with Crippen molar-refractivity contribution in [1.82, 2.24) is 0 Å². The maximum atomic E-state index is 9.86. The fourth-order valence-corrected chi connectivity index (χ4v) is 0.822. The Morgan fingerprint density at radius 2 is 0.806 bits per heavy atom. The van der Waals surface area contributed by atoms with Crippen molar-refractivity contribution in [2.45, 2.75) is 41.5 Å². The van der Waals surface area contributed by atoms with Crippen LogP contribution in [0.3, 0.4) is 0 Å². The van der Waals surface area contributed by atoms with E-state index in [1.807, 2.05) is 0 Å². The summed E-state index contributed by atoms with van der Waals surface area (Å²) >= 11 is 0. The van der Waals surface area contributed by atoms with E-state index in [1.165, 1.54) is 0 Å². The van der Waals surface area contributed by atoms with Crippen LogP contribution in [0.15, 0.2) is 34.9 Å². The average molecular weight is 451 g/mol. The fourth-order valence-electron chi connectivity index (χ4n) is 0.822. The lowest BCUT2D eigenvalue weighted by atomic mass is 10.3. The van der Waals surface area contributed by atoms with Crippen LogP contribution in [0.4, 0.5) is 0 Å². The fraction of sp³-hybridized carbons (Fsp3) is 0.571. The predicted molar refractivity (Wildman–Crippen MR) is 117 cm³/mol. The molecule has 0 aromatic heterocycles. The Balaban J connectivity index is -0.000000159. The lowest BCUT2D eigenvalue weighted by Crippen LogP contribution is -2.09. The summed E-state index contributed by atoms with van der Waals surface area (Å²) in [6.07, 6.45) is 4.67. The summed E-state index contributed by atoms with van der Waals surface area (Å²) in [4.78, 5) is 29.6. The Hall–Kier alpha value is -2.53. The van der Waals surface area contributed by atoms with Gasteiger partial charge < -0.3 is 35.0 Å². The monoisotopic (exact) mass is 450 g/mol. The maximum absolute atomic E-state index is 9.86. The molecule has 0 spiro atoms. The van der Waals surface area contributed by atoms with Crippen molar-refractivity contribution in [2.24, 2.45) is 0 Å². The Kier molecular flexibility index (Phi) is 31.8. The Morgan fingerprint density at radius 1 is 0.581 bits per heavy atom. The predicted octanol–water partition coefficient (Wildman–Crippen LogP) is 2.12. The normalized spacial score (nSPS) is 11.0. The first-order valence-corrected chi connectivity index (χ1v) is 9.42. The molecule has 0 saturated heterocycles. The lowest BCUT2D eigenvalue weighted by Gasteiger charge is -2.01. The summed E-state index contributed by atoms with van der Waals surface area (Å²) in [5, 5.41) is 40.9. The molecule has 5 N–H and O–H groups in total. The second-order valence-electron chi connectivity index (χ2n) is 5.50. The number of aliphatic hydroxyl groups is 2. The van der Waals surface area contributed by atoms with Crippen LogP contribution in [0.1, 0.15) is 41.5 Å². The molecule has 0 amide bonds. The number of aliphatic hydroxyl groups excluding tert-OH is 2. The highest BCUT2D eigenvalue weighted by atomic mass is 16.5. The summed E-state index contributed by atoms with van der Waals surface area (Å²) in [7, 11) is 0. The van der Waals surface area contributed by atoms with E-state index < -0.39 is 17.9 Å². The summed E-state index contributed by atoms with van der Waals surface area (Å²) in [6, 6.07) is 0. The van der Waals surface area contributed by atoms with Gasteiger partial charge in [-0.05, 0) is 41.5 Å². The number of hydrogen-bond acceptors (Lipinski definition) is 7. The minimum absolute atomic E-state index is 0.0417. The third-order valence-corrected chi connectivity index (χ3v) is 3.15. The second kappa shape index (κ2) is 27.5. The van der Waals surface area contributed by atoms with Gasteiger partial charge in [-0.2, -0.15) is 0 Å². The zero-order valence-electron chi connectivity index (χ0n) is 19.3. The highest BCUT2D eigenvalue weighted by molar-refractivity contribution is 5.86. The second-order valence-corrected chi connectivity index (χ2v) is 5.50. The van der Waals surface area contributed by atoms with Gasteiger partial charge in [-0.1, -0.05) is 18.2 Å². The first-order valence-electron chi connectivity index (χ1n) is 9.42. The number of aliphatic carboxylic acids is 3.